The molecule has 0 aromatic heterocycles. The summed E-state index contributed by atoms with van der Waals surface area (Å²) in [4.78, 5) is 28.1. The van der Waals surface area contributed by atoms with Gasteiger partial charge in [0.1, 0.15) is 0 Å². The average molecular weight is 377 g/mol. The molecule has 5 nitrogen and oxygen atoms in total. The number of ketones is 1. The molecule has 0 unspecified atom stereocenters. The number of carbonyl (C=O) groups excluding carboxylic acids is 2. The van der Waals surface area contributed by atoms with Crippen LogP contribution in [0.2, 0.25) is 0 Å². The van der Waals surface area contributed by atoms with Gasteiger partial charge in [-0.15, -0.1) is 0 Å². The van der Waals surface area contributed by atoms with Gasteiger partial charge >= 0.3 is 0 Å². The second-order valence-electron chi connectivity index (χ2n) is 7.95. The van der Waals surface area contributed by atoms with Crippen LogP contribution in [0.1, 0.15) is 46.3 Å². The number of aryl methyl sites for hydroxylation is 1. The average Bonchev–Trinajstić information content (AvgIpc) is 3.53. The van der Waals surface area contributed by atoms with E-state index in [1.54, 1.807) is 17.0 Å². The summed E-state index contributed by atoms with van der Waals surface area (Å²) in [5, 5.41) is 0. The SMILES string of the molecule is Cc1ccc(C(=O)c2ccc3c(c2)C2(OCCCO2)C(=O)N3CC2CC2)cc1. The molecule has 2 aromatic carbocycles. The Balaban J connectivity index is 1.56. The minimum Gasteiger partial charge on any atom is -0.338 e. The summed E-state index contributed by atoms with van der Waals surface area (Å²) in [5.74, 6) is -1.08. The zero-order chi connectivity index (χ0) is 19.3. The maximum atomic E-state index is 13.3. The van der Waals surface area contributed by atoms with Crippen LogP contribution in [0.5, 0.6) is 0 Å². The van der Waals surface area contributed by atoms with Crippen LogP contribution in [0.25, 0.3) is 0 Å². The lowest BCUT2D eigenvalue weighted by Gasteiger charge is -2.32. The predicted octanol–water partition coefficient (Wildman–Crippen LogP) is 3.57. The fraction of sp³-hybridized carbons (Fsp3) is 0.391. The number of carbonyl (C=O) groups is 2. The standard InChI is InChI=1S/C23H23NO4/c1-15-3-7-17(8-4-15)21(25)18-9-10-20-19(13-18)23(27-11-2-12-28-23)22(26)24(20)14-16-5-6-16/h3-4,7-10,13,16H,2,5-6,11-12,14H2,1H3. The van der Waals surface area contributed by atoms with Gasteiger partial charge in [0.15, 0.2) is 5.78 Å². The monoisotopic (exact) mass is 377 g/mol. The molecule has 1 spiro atoms. The van der Waals surface area contributed by atoms with Crippen molar-refractivity contribution in [2.24, 2.45) is 5.92 Å². The van der Waals surface area contributed by atoms with Crippen molar-refractivity contribution in [1.29, 1.82) is 0 Å². The van der Waals surface area contributed by atoms with Crippen LogP contribution in [-0.2, 0) is 20.1 Å². The van der Waals surface area contributed by atoms with Gasteiger partial charge in [-0.3, -0.25) is 9.59 Å². The third kappa shape index (κ3) is 2.77. The van der Waals surface area contributed by atoms with Crippen molar-refractivity contribution in [3.8, 4) is 0 Å². The van der Waals surface area contributed by atoms with Crippen LogP contribution in [0.4, 0.5) is 5.69 Å². The molecular weight excluding hydrogens is 354 g/mol. The van der Waals surface area contributed by atoms with E-state index in [0.29, 0.717) is 42.4 Å². The van der Waals surface area contributed by atoms with E-state index in [-0.39, 0.29) is 11.7 Å². The summed E-state index contributed by atoms with van der Waals surface area (Å²) in [6.07, 6.45) is 3.06. The Bertz CT molecular complexity index is 940. The van der Waals surface area contributed by atoms with Crippen molar-refractivity contribution < 1.29 is 19.1 Å². The lowest BCUT2D eigenvalue weighted by molar-refractivity contribution is -0.256. The summed E-state index contributed by atoms with van der Waals surface area (Å²) in [5.41, 5.74) is 3.75. The quantitative estimate of drug-likeness (QED) is 0.765. The minimum absolute atomic E-state index is 0.0677. The van der Waals surface area contributed by atoms with E-state index in [2.05, 4.69) is 0 Å². The van der Waals surface area contributed by atoms with E-state index in [4.69, 9.17) is 9.47 Å². The number of hydrogen-bond acceptors (Lipinski definition) is 4. The Morgan fingerprint density at radius 2 is 1.75 bits per heavy atom. The molecule has 3 aliphatic rings. The molecule has 28 heavy (non-hydrogen) atoms. The molecule has 1 amide bonds. The molecule has 5 rings (SSSR count). The van der Waals surface area contributed by atoms with Gasteiger partial charge < -0.3 is 14.4 Å². The number of nitrogens with zero attached hydrogens (tertiary/aromatic N) is 1. The van der Waals surface area contributed by atoms with Gasteiger partial charge in [0.25, 0.3) is 11.7 Å². The Morgan fingerprint density at radius 1 is 1.07 bits per heavy atom. The van der Waals surface area contributed by atoms with Gasteiger partial charge in [-0.1, -0.05) is 29.8 Å². The molecular formula is C23H23NO4. The van der Waals surface area contributed by atoms with Gasteiger partial charge in [0, 0.05) is 23.2 Å². The number of benzene rings is 2. The van der Waals surface area contributed by atoms with Crippen molar-refractivity contribution in [3.05, 3.63) is 64.7 Å². The van der Waals surface area contributed by atoms with Gasteiger partial charge in [0.2, 0.25) is 0 Å². The third-order valence-electron chi connectivity index (χ3n) is 5.78. The Labute approximate surface area is 164 Å². The molecule has 1 aliphatic carbocycles. The number of hydrogen-bond donors (Lipinski definition) is 0. The Hall–Kier alpha value is -2.50. The van der Waals surface area contributed by atoms with Crippen molar-refractivity contribution in [2.45, 2.75) is 32.0 Å². The van der Waals surface area contributed by atoms with Crippen LogP contribution in [0.15, 0.2) is 42.5 Å². The fourth-order valence-corrected chi connectivity index (χ4v) is 4.00. The van der Waals surface area contributed by atoms with Crippen LogP contribution in [-0.4, -0.2) is 31.4 Å². The summed E-state index contributed by atoms with van der Waals surface area (Å²) in [6, 6.07) is 13.0. The highest BCUT2D eigenvalue weighted by Gasteiger charge is 2.55. The molecule has 0 N–H and O–H groups in total. The van der Waals surface area contributed by atoms with Crippen LogP contribution in [0.3, 0.4) is 0 Å². The van der Waals surface area contributed by atoms with Crippen molar-refractivity contribution >= 4 is 17.4 Å². The van der Waals surface area contributed by atoms with Gasteiger partial charge in [0.05, 0.1) is 18.9 Å². The maximum absolute atomic E-state index is 13.3. The number of anilines is 1. The first kappa shape index (κ1) is 17.6. The molecule has 2 heterocycles. The molecule has 0 bridgehead atoms. The van der Waals surface area contributed by atoms with Crippen LogP contribution in [0, 0.1) is 12.8 Å². The Kier molecular flexibility index (Phi) is 4.11. The second-order valence-corrected chi connectivity index (χ2v) is 7.95. The van der Waals surface area contributed by atoms with Crippen molar-refractivity contribution in [1.82, 2.24) is 0 Å². The summed E-state index contributed by atoms with van der Waals surface area (Å²) in [7, 11) is 0. The molecule has 5 heteroatoms. The number of rotatable bonds is 4. The molecule has 0 radical (unpaired) electrons. The molecule has 2 aromatic rings. The van der Waals surface area contributed by atoms with E-state index in [1.807, 2.05) is 37.3 Å². The molecule has 2 fully saturated rings. The van der Waals surface area contributed by atoms with Gasteiger partial charge in [-0.25, -0.2) is 0 Å². The van der Waals surface area contributed by atoms with E-state index in [0.717, 1.165) is 30.5 Å². The molecule has 1 saturated heterocycles. The van der Waals surface area contributed by atoms with Crippen LogP contribution < -0.4 is 4.90 Å². The molecule has 2 aliphatic heterocycles. The van der Waals surface area contributed by atoms with Gasteiger partial charge in [-0.05, 0) is 50.3 Å². The highest BCUT2D eigenvalue weighted by molar-refractivity contribution is 6.11. The summed E-state index contributed by atoms with van der Waals surface area (Å²) in [6.45, 7) is 3.62. The minimum atomic E-state index is -1.40. The first-order valence-corrected chi connectivity index (χ1v) is 9.94. The highest BCUT2D eigenvalue weighted by atomic mass is 16.7. The third-order valence-corrected chi connectivity index (χ3v) is 5.78. The van der Waals surface area contributed by atoms with Crippen molar-refractivity contribution in [2.75, 3.05) is 24.7 Å². The van der Waals surface area contributed by atoms with E-state index in [9.17, 15) is 9.59 Å². The second kappa shape index (κ2) is 6.54. The topological polar surface area (TPSA) is 55.8 Å². The first-order chi connectivity index (χ1) is 13.6. The first-order valence-electron chi connectivity index (χ1n) is 9.94. The Morgan fingerprint density at radius 3 is 2.43 bits per heavy atom. The molecule has 1 saturated carbocycles. The zero-order valence-electron chi connectivity index (χ0n) is 15.9. The number of fused-ring (bicyclic) bond motifs is 2. The van der Waals surface area contributed by atoms with E-state index < -0.39 is 5.79 Å². The maximum Gasteiger partial charge on any atom is 0.292 e. The lowest BCUT2D eigenvalue weighted by atomic mass is 9.97. The largest absolute Gasteiger partial charge is 0.338 e. The summed E-state index contributed by atoms with van der Waals surface area (Å²) < 4.78 is 11.9. The van der Waals surface area contributed by atoms with E-state index >= 15 is 0 Å². The zero-order valence-corrected chi connectivity index (χ0v) is 15.9. The molecule has 144 valence electrons. The van der Waals surface area contributed by atoms with E-state index in [1.165, 1.54) is 0 Å². The number of ether oxygens (including phenoxy) is 2. The summed E-state index contributed by atoms with van der Waals surface area (Å²) >= 11 is 0. The predicted molar refractivity (Wildman–Crippen MR) is 104 cm³/mol. The van der Waals surface area contributed by atoms with Crippen molar-refractivity contribution in [3.63, 3.8) is 0 Å². The highest BCUT2D eigenvalue weighted by Crippen LogP contribution is 2.47. The smallest absolute Gasteiger partial charge is 0.292 e. The molecule has 0 atom stereocenters. The lowest BCUT2D eigenvalue weighted by Crippen LogP contribution is -2.47. The van der Waals surface area contributed by atoms with Crippen LogP contribution >= 0.6 is 0 Å². The normalized spacial score (nSPS) is 20.5. The number of amides is 1. The fourth-order valence-electron chi connectivity index (χ4n) is 4.00. The van der Waals surface area contributed by atoms with Gasteiger partial charge in [-0.2, -0.15) is 0 Å².